The first-order valence-electron chi connectivity index (χ1n) is 14.1. The highest BCUT2D eigenvalue weighted by Gasteiger charge is 2.41. The van der Waals surface area contributed by atoms with Gasteiger partial charge in [0.1, 0.15) is 25.4 Å². The summed E-state index contributed by atoms with van der Waals surface area (Å²) >= 11 is 1.60. The molecule has 0 bridgehead atoms. The minimum atomic E-state index is -1.04. The van der Waals surface area contributed by atoms with Gasteiger partial charge in [-0.3, -0.25) is 14.4 Å². The molecule has 9 nitrogen and oxygen atoms in total. The van der Waals surface area contributed by atoms with Crippen LogP contribution in [0.1, 0.15) is 57.3 Å². The minimum absolute atomic E-state index is 0.135. The fourth-order valence-corrected chi connectivity index (χ4v) is 6.13. The first-order valence-corrected chi connectivity index (χ1v) is 15.3. The molecule has 1 saturated heterocycles. The Morgan fingerprint density at radius 1 is 1.05 bits per heavy atom. The standard InChI is InChI=1S/C31H38N2O7S/c1-31(2,3)18-33-23-9-8-20(41-4)16-22(23)27(21-6-5-7-24-28(21)39-15-14-38-24)40-25(29(33)35)17-26(34)32-12-10-19(11-13-32)30(36)37/h5-9,16,19,25,27H,10-15,17-18H2,1-4H3,(H,36,37)/t25-,27-/m0/s1. The molecule has 0 radical (unpaired) electrons. The fourth-order valence-electron chi connectivity index (χ4n) is 5.68. The van der Waals surface area contributed by atoms with Gasteiger partial charge in [0.2, 0.25) is 5.91 Å². The Hall–Kier alpha value is -3.24. The molecule has 5 rings (SSSR count). The van der Waals surface area contributed by atoms with Gasteiger partial charge in [-0.15, -0.1) is 11.8 Å². The van der Waals surface area contributed by atoms with Crippen molar-refractivity contribution in [2.75, 3.05) is 44.0 Å². The number of carboxylic acids is 1. The number of carboxylic acid groups (broad SMARTS) is 1. The number of fused-ring (bicyclic) bond motifs is 2. The molecule has 0 aromatic heterocycles. The number of para-hydroxylation sites is 1. The molecule has 220 valence electrons. The van der Waals surface area contributed by atoms with E-state index in [0.29, 0.717) is 57.2 Å². The number of likely N-dealkylation sites (tertiary alicyclic amines) is 1. The quantitative estimate of drug-likeness (QED) is 0.486. The Bertz CT molecular complexity index is 1320. The van der Waals surface area contributed by atoms with Gasteiger partial charge in [-0.1, -0.05) is 32.9 Å². The number of carbonyl (C=O) groups excluding carboxylic acids is 2. The van der Waals surface area contributed by atoms with Gasteiger partial charge < -0.3 is 29.1 Å². The molecule has 2 atom stereocenters. The normalized spacial score (nSPS) is 21.3. The lowest BCUT2D eigenvalue weighted by atomic mass is 9.94. The van der Waals surface area contributed by atoms with E-state index in [4.69, 9.17) is 14.2 Å². The Morgan fingerprint density at radius 3 is 2.46 bits per heavy atom. The van der Waals surface area contributed by atoms with Crippen LogP contribution in [0.15, 0.2) is 41.3 Å². The van der Waals surface area contributed by atoms with Crippen molar-refractivity contribution in [2.45, 2.75) is 57.1 Å². The first-order chi connectivity index (χ1) is 19.6. The van der Waals surface area contributed by atoms with Crippen LogP contribution in [0.3, 0.4) is 0 Å². The average Bonchev–Trinajstić information content (AvgIpc) is 3.06. The molecule has 3 aliphatic heterocycles. The van der Waals surface area contributed by atoms with E-state index in [0.717, 1.165) is 21.7 Å². The maximum absolute atomic E-state index is 14.3. The van der Waals surface area contributed by atoms with Crippen LogP contribution in [0.2, 0.25) is 0 Å². The predicted molar refractivity (Wildman–Crippen MR) is 156 cm³/mol. The third-order valence-corrected chi connectivity index (χ3v) is 8.44. The number of hydrogen-bond acceptors (Lipinski definition) is 7. The van der Waals surface area contributed by atoms with E-state index in [2.05, 4.69) is 26.8 Å². The Kier molecular flexibility index (Phi) is 8.52. The Balaban J connectivity index is 1.55. The molecule has 10 heteroatoms. The highest BCUT2D eigenvalue weighted by Crippen LogP contribution is 2.46. The van der Waals surface area contributed by atoms with Crippen LogP contribution in [0.5, 0.6) is 11.5 Å². The number of thioether (sulfide) groups is 1. The van der Waals surface area contributed by atoms with Gasteiger partial charge in [-0.25, -0.2) is 0 Å². The lowest BCUT2D eigenvalue weighted by molar-refractivity contribution is -0.148. The summed E-state index contributed by atoms with van der Waals surface area (Å²) in [6, 6.07) is 11.7. The number of ether oxygens (including phenoxy) is 3. The molecule has 0 aliphatic carbocycles. The van der Waals surface area contributed by atoms with E-state index in [1.807, 2.05) is 36.6 Å². The summed E-state index contributed by atoms with van der Waals surface area (Å²) in [5, 5.41) is 9.36. The minimum Gasteiger partial charge on any atom is -0.486 e. The van der Waals surface area contributed by atoms with Gasteiger partial charge in [0.15, 0.2) is 11.5 Å². The molecule has 0 saturated carbocycles. The van der Waals surface area contributed by atoms with Gasteiger partial charge in [0.25, 0.3) is 5.91 Å². The number of amides is 2. The zero-order chi connectivity index (χ0) is 29.3. The van der Waals surface area contributed by atoms with Crippen LogP contribution in [-0.2, 0) is 19.1 Å². The van der Waals surface area contributed by atoms with Crippen LogP contribution in [0, 0.1) is 11.3 Å². The number of aliphatic carboxylic acids is 1. The SMILES string of the molecule is CSc1ccc2c(c1)[C@H](c1cccc3c1OCCO3)O[C@@H](CC(=O)N1CCC(C(=O)O)CC1)C(=O)N2CC(C)(C)C. The summed E-state index contributed by atoms with van der Waals surface area (Å²) in [7, 11) is 0. The van der Waals surface area contributed by atoms with Gasteiger partial charge in [0, 0.05) is 41.3 Å². The summed E-state index contributed by atoms with van der Waals surface area (Å²) in [6.45, 7) is 8.21. The molecular formula is C31H38N2O7S. The zero-order valence-electron chi connectivity index (χ0n) is 24.1. The largest absolute Gasteiger partial charge is 0.486 e. The van der Waals surface area contributed by atoms with Crippen molar-refractivity contribution in [3.05, 3.63) is 47.5 Å². The van der Waals surface area contributed by atoms with Crippen molar-refractivity contribution in [3.8, 4) is 11.5 Å². The summed E-state index contributed by atoms with van der Waals surface area (Å²) in [4.78, 5) is 43.6. The number of carbonyl (C=O) groups is 3. The van der Waals surface area contributed by atoms with Gasteiger partial charge in [0.05, 0.1) is 12.3 Å². The van der Waals surface area contributed by atoms with Crippen LogP contribution in [-0.4, -0.2) is 73.0 Å². The molecule has 1 N–H and O–H groups in total. The lowest BCUT2D eigenvalue weighted by Gasteiger charge is -2.33. The van der Waals surface area contributed by atoms with Crippen molar-refractivity contribution in [2.24, 2.45) is 11.3 Å². The van der Waals surface area contributed by atoms with E-state index in [1.54, 1.807) is 21.6 Å². The Labute approximate surface area is 245 Å². The summed E-state index contributed by atoms with van der Waals surface area (Å²) in [5.41, 5.74) is 2.10. The number of piperidine rings is 1. The van der Waals surface area contributed by atoms with E-state index >= 15 is 0 Å². The molecule has 2 aromatic rings. The van der Waals surface area contributed by atoms with Gasteiger partial charge >= 0.3 is 5.97 Å². The number of rotatable bonds is 6. The summed E-state index contributed by atoms with van der Waals surface area (Å²) < 4.78 is 18.6. The van der Waals surface area contributed by atoms with E-state index in [1.165, 1.54) is 0 Å². The van der Waals surface area contributed by atoms with Crippen LogP contribution < -0.4 is 14.4 Å². The van der Waals surface area contributed by atoms with Crippen molar-refractivity contribution in [1.29, 1.82) is 0 Å². The third kappa shape index (κ3) is 6.33. The van der Waals surface area contributed by atoms with Crippen molar-refractivity contribution < 1.29 is 33.7 Å². The molecular weight excluding hydrogens is 544 g/mol. The monoisotopic (exact) mass is 582 g/mol. The number of nitrogens with zero attached hydrogens (tertiary/aromatic N) is 2. The van der Waals surface area contributed by atoms with Crippen LogP contribution >= 0.6 is 11.8 Å². The highest BCUT2D eigenvalue weighted by atomic mass is 32.2. The first kappa shape index (κ1) is 29.3. The average molecular weight is 583 g/mol. The van der Waals surface area contributed by atoms with Crippen molar-refractivity contribution >= 4 is 35.2 Å². The maximum Gasteiger partial charge on any atom is 0.306 e. The highest BCUT2D eigenvalue weighted by molar-refractivity contribution is 7.98. The third-order valence-electron chi connectivity index (χ3n) is 7.72. The zero-order valence-corrected chi connectivity index (χ0v) is 24.9. The second-order valence-electron chi connectivity index (χ2n) is 12.0. The molecule has 0 unspecified atom stereocenters. The summed E-state index contributed by atoms with van der Waals surface area (Å²) in [6.07, 6.45) is 0.938. The maximum atomic E-state index is 14.3. The second-order valence-corrected chi connectivity index (χ2v) is 12.9. The Morgan fingerprint density at radius 2 is 1.78 bits per heavy atom. The summed E-state index contributed by atoms with van der Waals surface area (Å²) in [5.74, 6) is -0.561. The second kappa shape index (κ2) is 11.9. The molecule has 1 fully saturated rings. The van der Waals surface area contributed by atoms with Crippen molar-refractivity contribution in [3.63, 3.8) is 0 Å². The van der Waals surface area contributed by atoms with Gasteiger partial charge in [-0.2, -0.15) is 0 Å². The molecule has 2 aromatic carbocycles. The number of hydrogen-bond donors (Lipinski definition) is 1. The fraction of sp³-hybridized carbons (Fsp3) is 0.516. The number of benzene rings is 2. The topological polar surface area (TPSA) is 106 Å². The predicted octanol–water partition coefficient (Wildman–Crippen LogP) is 4.76. The lowest BCUT2D eigenvalue weighted by Crippen LogP contribution is -2.47. The van der Waals surface area contributed by atoms with E-state index in [9.17, 15) is 19.5 Å². The molecule has 2 amide bonds. The number of anilines is 1. The van der Waals surface area contributed by atoms with Crippen LogP contribution in [0.25, 0.3) is 0 Å². The van der Waals surface area contributed by atoms with E-state index < -0.39 is 24.1 Å². The molecule has 3 aliphatic rings. The van der Waals surface area contributed by atoms with E-state index in [-0.39, 0.29) is 23.7 Å². The van der Waals surface area contributed by atoms with Crippen molar-refractivity contribution in [1.82, 2.24) is 4.90 Å². The molecule has 3 heterocycles. The van der Waals surface area contributed by atoms with Gasteiger partial charge in [-0.05, 0) is 48.8 Å². The van der Waals surface area contributed by atoms with Crippen LogP contribution in [0.4, 0.5) is 5.69 Å². The molecule has 41 heavy (non-hydrogen) atoms. The molecule has 0 spiro atoms. The smallest absolute Gasteiger partial charge is 0.306 e.